The smallest absolute Gasteiger partial charge is 0.224 e. The van der Waals surface area contributed by atoms with Crippen molar-refractivity contribution in [3.8, 4) is 0 Å². The van der Waals surface area contributed by atoms with Crippen LogP contribution in [0.15, 0.2) is 6.07 Å². The first-order valence-corrected chi connectivity index (χ1v) is 8.43. The van der Waals surface area contributed by atoms with E-state index in [0.717, 1.165) is 24.2 Å². The van der Waals surface area contributed by atoms with E-state index in [2.05, 4.69) is 10.4 Å². The highest BCUT2D eigenvalue weighted by molar-refractivity contribution is 5.81. The van der Waals surface area contributed by atoms with Crippen molar-refractivity contribution < 1.29 is 14.3 Å². The van der Waals surface area contributed by atoms with Gasteiger partial charge in [0.05, 0.1) is 24.3 Å². The van der Waals surface area contributed by atoms with Gasteiger partial charge in [-0.1, -0.05) is 0 Å². The number of hydrogen-bond donors (Lipinski definition) is 1. The molecular formula is C17H28N4O3. The Hall–Kier alpha value is -1.89. The van der Waals surface area contributed by atoms with Crippen LogP contribution in [0.5, 0.6) is 0 Å². The monoisotopic (exact) mass is 336 g/mol. The molecule has 0 spiro atoms. The maximum Gasteiger partial charge on any atom is 0.224 e. The van der Waals surface area contributed by atoms with Gasteiger partial charge < -0.3 is 15.0 Å². The van der Waals surface area contributed by atoms with E-state index in [4.69, 9.17) is 4.74 Å². The summed E-state index contributed by atoms with van der Waals surface area (Å²) in [5.74, 6) is -0.00805. The zero-order valence-electron chi connectivity index (χ0n) is 15.1. The van der Waals surface area contributed by atoms with Gasteiger partial charge in [-0.2, -0.15) is 5.10 Å². The minimum absolute atomic E-state index is 0.0565. The van der Waals surface area contributed by atoms with Gasteiger partial charge in [0.25, 0.3) is 0 Å². The molecule has 1 N–H and O–H groups in total. The number of rotatable bonds is 7. The van der Waals surface area contributed by atoms with Crippen LogP contribution in [0.25, 0.3) is 0 Å². The topological polar surface area (TPSA) is 76.5 Å². The number of nitrogens with zero attached hydrogens (tertiary/aromatic N) is 3. The highest BCUT2D eigenvalue weighted by Crippen LogP contribution is 2.33. The number of carbonyl (C=O) groups excluding carboxylic acids is 2. The molecule has 0 radical (unpaired) electrons. The molecule has 24 heavy (non-hydrogen) atoms. The van der Waals surface area contributed by atoms with Crippen molar-refractivity contribution in [3.05, 3.63) is 17.5 Å². The van der Waals surface area contributed by atoms with Crippen molar-refractivity contribution >= 4 is 11.8 Å². The number of aromatic nitrogens is 2. The van der Waals surface area contributed by atoms with E-state index in [0.29, 0.717) is 26.1 Å². The van der Waals surface area contributed by atoms with Gasteiger partial charge in [0.15, 0.2) is 0 Å². The Morgan fingerprint density at radius 3 is 2.75 bits per heavy atom. The Balaban J connectivity index is 2.07. The Kier molecular flexibility index (Phi) is 5.99. The van der Waals surface area contributed by atoms with Gasteiger partial charge in [0.2, 0.25) is 11.8 Å². The van der Waals surface area contributed by atoms with E-state index in [9.17, 15) is 9.59 Å². The van der Waals surface area contributed by atoms with Crippen LogP contribution in [0, 0.1) is 13.8 Å². The molecule has 1 aromatic rings. The SMILES string of the molecule is CNC(=O)CC1(COC)CCCN1C(=O)CCn1nc(C)cc1C. The summed E-state index contributed by atoms with van der Waals surface area (Å²) in [6.45, 7) is 5.54. The summed E-state index contributed by atoms with van der Waals surface area (Å²) in [7, 11) is 3.23. The fourth-order valence-corrected chi connectivity index (χ4v) is 3.61. The predicted octanol–water partition coefficient (Wildman–Crippen LogP) is 1.03. The number of ether oxygens (including phenoxy) is 1. The first kappa shape index (κ1) is 18.4. The van der Waals surface area contributed by atoms with Crippen molar-refractivity contribution in [1.29, 1.82) is 0 Å². The summed E-state index contributed by atoms with van der Waals surface area (Å²) in [6.07, 6.45) is 2.34. The molecule has 0 aliphatic carbocycles. The second-order valence-corrected chi connectivity index (χ2v) is 6.56. The molecule has 1 atom stereocenters. The van der Waals surface area contributed by atoms with E-state index in [1.54, 1.807) is 14.2 Å². The summed E-state index contributed by atoms with van der Waals surface area (Å²) >= 11 is 0. The number of hydrogen-bond acceptors (Lipinski definition) is 4. The molecule has 2 rings (SSSR count). The van der Waals surface area contributed by atoms with Crippen molar-refractivity contribution in [2.24, 2.45) is 0 Å². The van der Waals surface area contributed by atoms with Crippen LogP contribution in [0.2, 0.25) is 0 Å². The molecule has 1 unspecified atom stereocenters. The van der Waals surface area contributed by atoms with Crippen molar-refractivity contribution in [1.82, 2.24) is 20.0 Å². The molecule has 1 aliphatic rings. The third-order valence-electron chi connectivity index (χ3n) is 4.72. The molecule has 1 fully saturated rings. The van der Waals surface area contributed by atoms with Crippen LogP contribution in [0.3, 0.4) is 0 Å². The fraction of sp³-hybridized carbons (Fsp3) is 0.706. The predicted molar refractivity (Wildman–Crippen MR) is 90.6 cm³/mol. The summed E-state index contributed by atoms with van der Waals surface area (Å²) in [4.78, 5) is 26.6. The Morgan fingerprint density at radius 1 is 1.42 bits per heavy atom. The third kappa shape index (κ3) is 3.95. The van der Waals surface area contributed by atoms with Crippen LogP contribution in [-0.4, -0.2) is 59.3 Å². The van der Waals surface area contributed by atoms with Gasteiger partial charge in [0.1, 0.15) is 0 Å². The van der Waals surface area contributed by atoms with Crippen LogP contribution < -0.4 is 5.32 Å². The average Bonchev–Trinajstić information content (AvgIpc) is 3.08. The first-order valence-electron chi connectivity index (χ1n) is 8.43. The molecule has 134 valence electrons. The zero-order chi connectivity index (χ0) is 17.7. The number of likely N-dealkylation sites (tertiary alicyclic amines) is 1. The van der Waals surface area contributed by atoms with Gasteiger partial charge in [-0.25, -0.2) is 0 Å². The van der Waals surface area contributed by atoms with Crippen molar-refractivity contribution in [3.63, 3.8) is 0 Å². The standard InChI is InChI=1S/C17H28N4O3/c1-13-10-14(2)21(19-13)9-6-16(23)20-8-5-7-17(20,12-24-4)11-15(22)18-3/h10H,5-9,11-12H2,1-4H3,(H,18,22). The lowest BCUT2D eigenvalue weighted by Crippen LogP contribution is -2.53. The highest BCUT2D eigenvalue weighted by atomic mass is 16.5. The average molecular weight is 336 g/mol. The maximum atomic E-state index is 12.8. The molecular weight excluding hydrogens is 308 g/mol. The first-order chi connectivity index (χ1) is 11.4. The molecule has 0 aromatic carbocycles. The summed E-state index contributed by atoms with van der Waals surface area (Å²) in [6, 6.07) is 2.00. The van der Waals surface area contributed by atoms with E-state index >= 15 is 0 Å². The van der Waals surface area contributed by atoms with Gasteiger partial charge in [0, 0.05) is 39.4 Å². The van der Waals surface area contributed by atoms with E-state index < -0.39 is 5.54 Å². The molecule has 2 heterocycles. The van der Waals surface area contributed by atoms with Gasteiger partial charge in [-0.05, 0) is 32.8 Å². The van der Waals surface area contributed by atoms with Gasteiger partial charge >= 0.3 is 0 Å². The molecule has 7 heteroatoms. The molecule has 0 bridgehead atoms. The lowest BCUT2D eigenvalue weighted by molar-refractivity contribution is -0.139. The lowest BCUT2D eigenvalue weighted by Gasteiger charge is -2.37. The number of methoxy groups -OCH3 is 1. The van der Waals surface area contributed by atoms with E-state index in [-0.39, 0.29) is 18.2 Å². The summed E-state index contributed by atoms with van der Waals surface area (Å²) in [5.41, 5.74) is 1.48. The molecule has 2 amide bonds. The zero-order valence-corrected chi connectivity index (χ0v) is 15.1. The van der Waals surface area contributed by atoms with Crippen molar-refractivity contribution in [2.75, 3.05) is 27.3 Å². The van der Waals surface area contributed by atoms with E-state index in [1.165, 1.54) is 0 Å². The fourth-order valence-electron chi connectivity index (χ4n) is 3.61. The summed E-state index contributed by atoms with van der Waals surface area (Å²) in [5, 5.41) is 7.06. The quantitative estimate of drug-likeness (QED) is 0.807. The molecule has 1 saturated heterocycles. The second-order valence-electron chi connectivity index (χ2n) is 6.56. The van der Waals surface area contributed by atoms with Crippen LogP contribution in [-0.2, 0) is 20.9 Å². The number of amides is 2. The summed E-state index contributed by atoms with van der Waals surface area (Å²) < 4.78 is 7.21. The molecule has 7 nitrogen and oxygen atoms in total. The minimum Gasteiger partial charge on any atom is -0.382 e. The van der Waals surface area contributed by atoms with Gasteiger partial charge in [-0.3, -0.25) is 14.3 Å². The Labute approximate surface area is 143 Å². The number of carbonyl (C=O) groups is 2. The maximum absolute atomic E-state index is 12.8. The van der Waals surface area contributed by atoms with Crippen molar-refractivity contribution in [2.45, 2.75) is 51.6 Å². The Morgan fingerprint density at radius 2 is 2.17 bits per heavy atom. The van der Waals surface area contributed by atoms with E-state index in [1.807, 2.05) is 29.5 Å². The largest absolute Gasteiger partial charge is 0.382 e. The molecule has 0 saturated carbocycles. The molecule has 1 aliphatic heterocycles. The third-order valence-corrected chi connectivity index (χ3v) is 4.72. The highest BCUT2D eigenvalue weighted by Gasteiger charge is 2.44. The van der Waals surface area contributed by atoms with Gasteiger partial charge in [-0.15, -0.1) is 0 Å². The normalized spacial score (nSPS) is 20.4. The minimum atomic E-state index is -0.527. The van der Waals surface area contributed by atoms with Crippen LogP contribution in [0.4, 0.5) is 0 Å². The molecule has 1 aromatic heterocycles. The second kappa shape index (κ2) is 7.79. The van der Waals surface area contributed by atoms with Crippen LogP contribution in [0.1, 0.15) is 37.1 Å². The Bertz CT molecular complexity index is 599. The number of aryl methyl sites for hydroxylation is 3. The number of nitrogens with one attached hydrogen (secondary N) is 1. The van der Waals surface area contributed by atoms with Crippen LogP contribution >= 0.6 is 0 Å². The lowest BCUT2D eigenvalue weighted by atomic mass is 9.92.